The van der Waals surface area contributed by atoms with Gasteiger partial charge in [0.15, 0.2) is 0 Å². The van der Waals surface area contributed by atoms with E-state index in [1.807, 2.05) is 0 Å². The highest BCUT2D eigenvalue weighted by Crippen LogP contribution is 2.41. The van der Waals surface area contributed by atoms with E-state index in [1.54, 1.807) is 0 Å². The third kappa shape index (κ3) is 3.05. The minimum absolute atomic E-state index is 0.801. The SMILES string of the molecule is CNC(C1CCC(C)C1)C1CCC(C)C(C)C1. The van der Waals surface area contributed by atoms with Crippen molar-refractivity contribution in [2.24, 2.45) is 29.6 Å². The number of hydrogen-bond acceptors (Lipinski definition) is 1. The Balaban J connectivity index is 1.94. The second kappa shape index (κ2) is 5.73. The lowest BCUT2D eigenvalue weighted by molar-refractivity contribution is 0.145. The standard InChI is InChI=1S/C16H31N/c1-11-5-7-14(9-11)16(17-4)15-8-6-12(2)13(3)10-15/h11-17H,5-10H2,1-4H3. The van der Waals surface area contributed by atoms with Gasteiger partial charge in [-0.2, -0.15) is 0 Å². The quantitative estimate of drug-likeness (QED) is 0.780. The van der Waals surface area contributed by atoms with Gasteiger partial charge in [-0.05, 0) is 62.3 Å². The van der Waals surface area contributed by atoms with E-state index in [4.69, 9.17) is 0 Å². The molecule has 0 aromatic carbocycles. The molecule has 6 atom stereocenters. The van der Waals surface area contributed by atoms with E-state index in [0.29, 0.717) is 0 Å². The topological polar surface area (TPSA) is 12.0 Å². The van der Waals surface area contributed by atoms with Crippen LogP contribution in [0.3, 0.4) is 0 Å². The van der Waals surface area contributed by atoms with Crippen LogP contribution < -0.4 is 5.32 Å². The van der Waals surface area contributed by atoms with Crippen molar-refractivity contribution in [2.75, 3.05) is 7.05 Å². The average Bonchev–Trinajstić information content (AvgIpc) is 2.71. The van der Waals surface area contributed by atoms with Gasteiger partial charge >= 0.3 is 0 Å². The summed E-state index contributed by atoms with van der Waals surface area (Å²) in [6.07, 6.45) is 8.76. The van der Waals surface area contributed by atoms with Gasteiger partial charge < -0.3 is 5.32 Å². The Morgan fingerprint density at radius 2 is 1.47 bits per heavy atom. The van der Waals surface area contributed by atoms with Crippen molar-refractivity contribution < 1.29 is 0 Å². The summed E-state index contributed by atoms with van der Waals surface area (Å²) in [6, 6.07) is 0.801. The Morgan fingerprint density at radius 3 is 2.00 bits per heavy atom. The van der Waals surface area contributed by atoms with Gasteiger partial charge in [0, 0.05) is 6.04 Å². The Bertz CT molecular complexity index is 238. The molecule has 100 valence electrons. The molecule has 2 saturated carbocycles. The van der Waals surface area contributed by atoms with E-state index >= 15 is 0 Å². The van der Waals surface area contributed by atoms with Crippen LogP contribution in [0.1, 0.15) is 59.3 Å². The first kappa shape index (κ1) is 13.4. The maximum absolute atomic E-state index is 3.67. The highest BCUT2D eigenvalue weighted by Gasteiger charge is 2.36. The third-order valence-electron chi connectivity index (χ3n) is 5.72. The molecule has 2 fully saturated rings. The largest absolute Gasteiger partial charge is 0.316 e. The van der Waals surface area contributed by atoms with Gasteiger partial charge in [0.25, 0.3) is 0 Å². The van der Waals surface area contributed by atoms with Crippen molar-refractivity contribution in [3.05, 3.63) is 0 Å². The number of nitrogens with one attached hydrogen (secondary N) is 1. The van der Waals surface area contributed by atoms with Gasteiger partial charge in [0.1, 0.15) is 0 Å². The summed E-state index contributed by atoms with van der Waals surface area (Å²) in [5, 5.41) is 3.67. The second-order valence-corrected chi connectivity index (χ2v) is 7.02. The second-order valence-electron chi connectivity index (χ2n) is 7.02. The van der Waals surface area contributed by atoms with Crippen LogP contribution in [0.5, 0.6) is 0 Å². The van der Waals surface area contributed by atoms with Crippen molar-refractivity contribution in [2.45, 2.75) is 65.3 Å². The van der Waals surface area contributed by atoms with Gasteiger partial charge in [-0.25, -0.2) is 0 Å². The van der Waals surface area contributed by atoms with Crippen LogP contribution in [0, 0.1) is 29.6 Å². The molecule has 1 nitrogen and oxygen atoms in total. The first-order valence-corrected chi connectivity index (χ1v) is 7.79. The summed E-state index contributed by atoms with van der Waals surface area (Å²) < 4.78 is 0. The molecule has 0 saturated heterocycles. The normalized spacial score (nSPS) is 44.8. The molecule has 0 aromatic heterocycles. The molecule has 1 N–H and O–H groups in total. The predicted octanol–water partition coefficient (Wildman–Crippen LogP) is 4.08. The maximum Gasteiger partial charge on any atom is 0.0121 e. The van der Waals surface area contributed by atoms with Gasteiger partial charge in [-0.1, -0.05) is 33.6 Å². The highest BCUT2D eigenvalue weighted by molar-refractivity contribution is 4.90. The van der Waals surface area contributed by atoms with Crippen molar-refractivity contribution >= 4 is 0 Å². The fraction of sp³-hybridized carbons (Fsp3) is 1.00. The maximum atomic E-state index is 3.67. The van der Waals surface area contributed by atoms with Crippen LogP contribution in [0.15, 0.2) is 0 Å². The summed E-state index contributed by atoms with van der Waals surface area (Å²) in [7, 11) is 2.19. The number of rotatable bonds is 3. The molecule has 0 aromatic rings. The molecule has 6 unspecified atom stereocenters. The van der Waals surface area contributed by atoms with E-state index in [1.165, 1.54) is 38.5 Å². The van der Waals surface area contributed by atoms with Crippen LogP contribution in [-0.2, 0) is 0 Å². The summed E-state index contributed by atoms with van der Waals surface area (Å²) in [4.78, 5) is 0. The summed E-state index contributed by atoms with van der Waals surface area (Å²) >= 11 is 0. The molecule has 2 rings (SSSR count). The predicted molar refractivity (Wildman–Crippen MR) is 75.0 cm³/mol. The fourth-order valence-electron chi connectivity index (χ4n) is 4.35. The molecule has 0 radical (unpaired) electrons. The molecule has 0 spiro atoms. The molecule has 17 heavy (non-hydrogen) atoms. The average molecular weight is 237 g/mol. The fourth-order valence-corrected chi connectivity index (χ4v) is 4.35. The van der Waals surface area contributed by atoms with E-state index in [0.717, 1.165) is 35.6 Å². The van der Waals surface area contributed by atoms with Crippen molar-refractivity contribution in [3.8, 4) is 0 Å². The highest BCUT2D eigenvalue weighted by atomic mass is 14.9. The molecule has 0 aliphatic heterocycles. The lowest BCUT2D eigenvalue weighted by Crippen LogP contribution is -2.42. The monoisotopic (exact) mass is 237 g/mol. The molecule has 0 bridgehead atoms. The minimum atomic E-state index is 0.801. The lowest BCUT2D eigenvalue weighted by atomic mass is 9.70. The van der Waals surface area contributed by atoms with E-state index < -0.39 is 0 Å². The molecule has 0 heterocycles. The van der Waals surface area contributed by atoms with E-state index in [-0.39, 0.29) is 0 Å². The van der Waals surface area contributed by atoms with Crippen molar-refractivity contribution in [1.82, 2.24) is 5.32 Å². The van der Waals surface area contributed by atoms with Gasteiger partial charge in [0.2, 0.25) is 0 Å². The van der Waals surface area contributed by atoms with Crippen molar-refractivity contribution in [1.29, 1.82) is 0 Å². The summed E-state index contributed by atoms with van der Waals surface area (Å²) in [5.41, 5.74) is 0. The lowest BCUT2D eigenvalue weighted by Gasteiger charge is -2.39. The molecule has 0 amide bonds. The Hall–Kier alpha value is -0.0400. The third-order valence-corrected chi connectivity index (χ3v) is 5.72. The Kier molecular flexibility index (Phi) is 4.52. The number of hydrogen-bond donors (Lipinski definition) is 1. The zero-order valence-electron chi connectivity index (χ0n) is 12.2. The molecular weight excluding hydrogens is 206 g/mol. The van der Waals surface area contributed by atoms with Crippen LogP contribution in [0.2, 0.25) is 0 Å². The van der Waals surface area contributed by atoms with Gasteiger partial charge in [0.05, 0.1) is 0 Å². The minimum Gasteiger partial charge on any atom is -0.316 e. The van der Waals surface area contributed by atoms with Gasteiger partial charge in [-0.3, -0.25) is 0 Å². The summed E-state index contributed by atoms with van der Waals surface area (Å²) in [5.74, 6) is 4.76. The van der Waals surface area contributed by atoms with Crippen LogP contribution in [0.4, 0.5) is 0 Å². The zero-order valence-corrected chi connectivity index (χ0v) is 12.2. The molecular formula is C16H31N. The van der Waals surface area contributed by atoms with E-state index in [2.05, 4.69) is 33.1 Å². The Labute approximate surface area is 108 Å². The first-order chi connectivity index (χ1) is 8.11. The first-order valence-electron chi connectivity index (χ1n) is 7.79. The summed E-state index contributed by atoms with van der Waals surface area (Å²) in [6.45, 7) is 7.33. The smallest absolute Gasteiger partial charge is 0.0121 e. The molecule has 1 heteroatoms. The zero-order chi connectivity index (χ0) is 12.4. The van der Waals surface area contributed by atoms with Crippen molar-refractivity contribution in [3.63, 3.8) is 0 Å². The van der Waals surface area contributed by atoms with Gasteiger partial charge in [-0.15, -0.1) is 0 Å². The Morgan fingerprint density at radius 1 is 0.824 bits per heavy atom. The van der Waals surface area contributed by atoms with Crippen LogP contribution in [-0.4, -0.2) is 13.1 Å². The van der Waals surface area contributed by atoms with Crippen LogP contribution >= 0.6 is 0 Å². The van der Waals surface area contributed by atoms with Crippen LogP contribution in [0.25, 0.3) is 0 Å². The van der Waals surface area contributed by atoms with E-state index in [9.17, 15) is 0 Å². The molecule has 2 aliphatic rings. The molecule has 2 aliphatic carbocycles.